The van der Waals surface area contributed by atoms with E-state index >= 15 is 0 Å². The summed E-state index contributed by atoms with van der Waals surface area (Å²) in [5.74, 6) is 0.359. The summed E-state index contributed by atoms with van der Waals surface area (Å²) in [5.41, 5.74) is 0.700. The van der Waals surface area contributed by atoms with Gasteiger partial charge in [-0.25, -0.2) is 0 Å². The molecule has 1 aliphatic rings. The van der Waals surface area contributed by atoms with Crippen molar-refractivity contribution in [1.29, 1.82) is 0 Å². The number of benzene rings is 1. The molecule has 0 saturated heterocycles. The Morgan fingerprint density at radius 2 is 2.06 bits per heavy atom. The third-order valence-electron chi connectivity index (χ3n) is 2.57. The molecule has 1 amide bonds. The lowest BCUT2D eigenvalue weighted by Gasteiger charge is -1.99. The molecule has 0 bridgehead atoms. The molecule has 6 heteroatoms. The van der Waals surface area contributed by atoms with Crippen LogP contribution in [0.1, 0.15) is 18.9 Å². The number of nitrogens with one attached hydrogen (secondary N) is 1. The minimum absolute atomic E-state index is 0.0192. The van der Waals surface area contributed by atoms with E-state index in [4.69, 9.17) is 0 Å². The maximum atomic E-state index is 11.4. The molecule has 0 saturated carbocycles. The second-order valence-corrected chi connectivity index (χ2v) is 3.69. The van der Waals surface area contributed by atoms with Gasteiger partial charge in [-0.1, -0.05) is 6.92 Å². The number of non-ortho nitro benzene ring substituents is 1. The molecule has 1 heterocycles. The van der Waals surface area contributed by atoms with Gasteiger partial charge in [-0.3, -0.25) is 19.9 Å². The predicted octanol–water partition coefficient (Wildman–Crippen LogP) is 1.25. The normalized spacial score (nSPS) is 18.8. The molecule has 0 fully saturated rings. The summed E-state index contributed by atoms with van der Waals surface area (Å²) in [6.45, 7) is 1.88. The highest BCUT2D eigenvalue weighted by atomic mass is 16.6. The highest BCUT2D eigenvalue weighted by Crippen LogP contribution is 2.15. The van der Waals surface area contributed by atoms with Crippen LogP contribution in [0.3, 0.4) is 0 Å². The number of nitrogens with zero attached hydrogens (tertiary/aromatic N) is 2. The lowest BCUT2D eigenvalue weighted by molar-refractivity contribution is -0.384. The van der Waals surface area contributed by atoms with Crippen molar-refractivity contribution in [2.75, 3.05) is 0 Å². The Labute approximate surface area is 97.5 Å². The summed E-state index contributed by atoms with van der Waals surface area (Å²) < 4.78 is 0. The Hall–Kier alpha value is -2.24. The van der Waals surface area contributed by atoms with Gasteiger partial charge in [0.25, 0.3) is 5.69 Å². The number of nitro groups is 1. The van der Waals surface area contributed by atoms with Gasteiger partial charge in [-0.15, -0.1) is 0 Å². The van der Waals surface area contributed by atoms with Gasteiger partial charge in [0.1, 0.15) is 11.9 Å². The second-order valence-electron chi connectivity index (χ2n) is 3.69. The van der Waals surface area contributed by atoms with Crippen LogP contribution in [0.2, 0.25) is 0 Å². The molecule has 1 aromatic carbocycles. The van der Waals surface area contributed by atoms with Crippen molar-refractivity contribution in [2.24, 2.45) is 4.99 Å². The molecule has 1 aliphatic heterocycles. The zero-order chi connectivity index (χ0) is 12.4. The number of amidine groups is 1. The largest absolute Gasteiger partial charge is 0.309 e. The van der Waals surface area contributed by atoms with Gasteiger partial charge in [-0.2, -0.15) is 0 Å². The number of carbonyl (C=O) groups is 1. The molecule has 88 valence electrons. The van der Waals surface area contributed by atoms with Crippen LogP contribution in [0.15, 0.2) is 29.3 Å². The van der Waals surface area contributed by atoms with E-state index in [0.717, 1.165) is 0 Å². The lowest BCUT2D eigenvalue weighted by atomic mass is 10.2. The van der Waals surface area contributed by atoms with Gasteiger partial charge >= 0.3 is 0 Å². The summed E-state index contributed by atoms with van der Waals surface area (Å²) in [7, 11) is 0. The van der Waals surface area contributed by atoms with E-state index in [0.29, 0.717) is 17.8 Å². The minimum atomic E-state index is -0.465. The number of rotatable bonds is 3. The van der Waals surface area contributed by atoms with Crippen molar-refractivity contribution >= 4 is 17.4 Å². The molecule has 2 rings (SSSR count). The molecule has 0 aromatic heterocycles. The summed E-state index contributed by atoms with van der Waals surface area (Å²) >= 11 is 0. The van der Waals surface area contributed by atoms with Crippen molar-refractivity contribution in [3.8, 4) is 0 Å². The predicted molar refractivity (Wildman–Crippen MR) is 61.9 cm³/mol. The lowest BCUT2D eigenvalue weighted by Crippen LogP contribution is -2.28. The van der Waals surface area contributed by atoms with Crippen LogP contribution in [-0.4, -0.2) is 22.7 Å². The first kappa shape index (κ1) is 11.3. The van der Waals surface area contributed by atoms with E-state index in [1.165, 1.54) is 12.1 Å². The van der Waals surface area contributed by atoms with Crippen molar-refractivity contribution in [1.82, 2.24) is 5.32 Å². The SMILES string of the molecule is CCC1N=C(c2ccc([N+](=O)[O-])cc2)NC1=O. The van der Waals surface area contributed by atoms with Gasteiger partial charge in [0.2, 0.25) is 5.91 Å². The quantitative estimate of drug-likeness (QED) is 0.629. The Morgan fingerprint density at radius 1 is 1.41 bits per heavy atom. The van der Waals surface area contributed by atoms with E-state index in [1.807, 2.05) is 6.92 Å². The van der Waals surface area contributed by atoms with Crippen molar-refractivity contribution in [3.63, 3.8) is 0 Å². The van der Waals surface area contributed by atoms with Crippen LogP contribution >= 0.6 is 0 Å². The Balaban J connectivity index is 2.24. The Morgan fingerprint density at radius 3 is 2.53 bits per heavy atom. The summed E-state index contributed by atoms with van der Waals surface area (Å²) in [4.78, 5) is 25.7. The molecular formula is C11H11N3O3. The number of amides is 1. The van der Waals surface area contributed by atoms with Gasteiger partial charge in [0.15, 0.2) is 0 Å². The first-order valence-electron chi connectivity index (χ1n) is 5.25. The molecule has 6 nitrogen and oxygen atoms in total. The summed E-state index contributed by atoms with van der Waals surface area (Å²) in [6, 6.07) is 5.59. The maximum Gasteiger partial charge on any atom is 0.269 e. The number of carbonyl (C=O) groups excluding carboxylic acids is 1. The first-order valence-corrected chi connectivity index (χ1v) is 5.25. The number of hydrogen-bond acceptors (Lipinski definition) is 4. The van der Waals surface area contributed by atoms with Crippen LogP contribution in [0, 0.1) is 10.1 Å². The average Bonchev–Trinajstić information content (AvgIpc) is 2.70. The van der Waals surface area contributed by atoms with E-state index < -0.39 is 4.92 Å². The fourth-order valence-electron chi connectivity index (χ4n) is 1.61. The first-order chi connectivity index (χ1) is 8.11. The summed E-state index contributed by atoms with van der Waals surface area (Å²) in [6.07, 6.45) is 0.641. The molecule has 1 aromatic rings. The third-order valence-corrected chi connectivity index (χ3v) is 2.57. The van der Waals surface area contributed by atoms with Crippen LogP contribution in [0.5, 0.6) is 0 Å². The van der Waals surface area contributed by atoms with Gasteiger partial charge < -0.3 is 5.32 Å². The zero-order valence-electron chi connectivity index (χ0n) is 9.21. The molecule has 1 atom stereocenters. The standard InChI is InChI=1S/C11H11N3O3/c1-2-9-11(15)13-10(12-9)7-3-5-8(6-4-7)14(16)17/h3-6,9H,2H2,1H3,(H,12,13,15). The van der Waals surface area contributed by atoms with Gasteiger partial charge in [0.05, 0.1) is 4.92 Å². The van der Waals surface area contributed by atoms with E-state index in [1.54, 1.807) is 12.1 Å². The molecule has 0 radical (unpaired) electrons. The van der Waals surface area contributed by atoms with E-state index in [2.05, 4.69) is 10.3 Å². The molecular weight excluding hydrogens is 222 g/mol. The van der Waals surface area contributed by atoms with E-state index in [-0.39, 0.29) is 17.6 Å². The summed E-state index contributed by atoms with van der Waals surface area (Å²) in [5, 5.41) is 13.2. The fraction of sp³-hybridized carbons (Fsp3) is 0.273. The highest BCUT2D eigenvalue weighted by Gasteiger charge is 2.25. The monoisotopic (exact) mass is 233 g/mol. The Kier molecular flexibility index (Phi) is 2.86. The fourth-order valence-corrected chi connectivity index (χ4v) is 1.61. The molecule has 17 heavy (non-hydrogen) atoms. The molecule has 0 aliphatic carbocycles. The van der Waals surface area contributed by atoms with Crippen molar-refractivity contribution in [3.05, 3.63) is 39.9 Å². The topological polar surface area (TPSA) is 84.6 Å². The molecule has 0 spiro atoms. The van der Waals surface area contributed by atoms with E-state index in [9.17, 15) is 14.9 Å². The van der Waals surface area contributed by atoms with Crippen LogP contribution in [-0.2, 0) is 4.79 Å². The number of hydrogen-bond donors (Lipinski definition) is 1. The molecule has 1 unspecified atom stereocenters. The highest BCUT2D eigenvalue weighted by molar-refractivity contribution is 6.13. The van der Waals surface area contributed by atoms with Gasteiger partial charge in [0, 0.05) is 17.7 Å². The van der Waals surface area contributed by atoms with Crippen LogP contribution in [0.4, 0.5) is 5.69 Å². The zero-order valence-corrected chi connectivity index (χ0v) is 9.21. The van der Waals surface area contributed by atoms with Crippen LogP contribution < -0.4 is 5.32 Å². The van der Waals surface area contributed by atoms with Crippen molar-refractivity contribution < 1.29 is 9.72 Å². The van der Waals surface area contributed by atoms with Gasteiger partial charge in [-0.05, 0) is 18.6 Å². The molecule has 1 N–H and O–H groups in total. The Bertz CT molecular complexity index is 493. The smallest absolute Gasteiger partial charge is 0.269 e. The minimum Gasteiger partial charge on any atom is -0.309 e. The maximum absolute atomic E-state index is 11.4. The average molecular weight is 233 g/mol. The van der Waals surface area contributed by atoms with Crippen molar-refractivity contribution in [2.45, 2.75) is 19.4 Å². The van der Waals surface area contributed by atoms with Crippen LogP contribution in [0.25, 0.3) is 0 Å². The number of aliphatic imine (C=N–C) groups is 1. The number of nitro benzene ring substituents is 1. The third kappa shape index (κ3) is 2.15. The second kappa shape index (κ2) is 4.32.